The molecule has 0 spiro atoms. The second-order valence-electron chi connectivity index (χ2n) is 5.58. The molecule has 0 unspecified atom stereocenters. The highest BCUT2D eigenvalue weighted by atomic mass is 16.1. The van der Waals surface area contributed by atoms with E-state index < -0.39 is 0 Å². The summed E-state index contributed by atoms with van der Waals surface area (Å²) in [4.78, 5) is 10.4. The Kier molecular flexibility index (Phi) is 2.85. The van der Waals surface area contributed by atoms with Crippen LogP contribution in [-0.4, -0.2) is 6.29 Å². The molecular formula is C20H15O. The fourth-order valence-electron chi connectivity index (χ4n) is 3.36. The van der Waals surface area contributed by atoms with Gasteiger partial charge in [-0.2, -0.15) is 0 Å². The van der Waals surface area contributed by atoms with E-state index in [1.807, 2.05) is 6.29 Å². The van der Waals surface area contributed by atoms with Gasteiger partial charge in [-0.3, -0.25) is 4.79 Å². The summed E-state index contributed by atoms with van der Waals surface area (Å²) in [6.45, 7) is 0. The summed E-state index contributed by atoms with van der Waals surface area (Å²) in [5.41, 5.74) is 1.33. The maximum atomic E-state index is 10.4. The maximum absolute atomic E-state index is 10.4. The monoisotopic (exact) mass is 271 g/mol. The van der Waals surface area contributed by atoms with Crippen LogP contribution < -0.4 is 0 Å². The van der Waals surface area contributed by atoms with Gasteiger partial charge in [0.2, 0.25) is 0 Å². The lowest BCUT2D eigenvalue weighted by atomic mass is 9.91. The largest absolute Gasteiger partial charge is 0.291 e. The minimum absolute atomic E-state index is 0.516. The van der Waals surface area contributed by atoms with Crippen molar-refractivity contribution >= 4 is 38.6 Å². The van der Waals surface area contributed by atoms with Crippen LogP contribution in [0.3, 0.4) is 0 Å². The van der Waals surface area contributed by atoms with Crippen LogP contribution in [0.5, 0.6) is 0 Å². The fourth-order valence-corrected chi connectivity index (χ4v) is 3.36. The van der Waals surface area contributed by atoms with Gasteiger partial charge in [-0.05, 0) is 50.7 Å². The number of hydrogen-bond acceptors (Lipinski definition) is 1. The zero-order valence-corrected chi connectivity index (χ0v) is 11.7. The second kappa shape index (κ2) is 4.85. The molecule has 0 saturated heterocycles. The Morgan fingerprint density at radius 3 is 2.19 bits per heavy atom. The Hall–Kier alpha value is -2.41. The average Bonchev–Trinajstić information content (AvgIpc) is 2.54. The van der Waals surface area contributed by atoms with E-state index in [2.05, 4.69) is 54.6 Å². The van der Waals surface area contributed by atoms with Crippen LogP contribution in [0.25, 0.3) is 32.3 Å². The van der Waals surface area contributed by atoms with E-state index in [-0.39, 0.29) is 0 Å². The van der Waals surface area contributed by atoms with Crippen LogP contribution in [0.2, 0.25) is 0 Å². The molecule has 101 valence electrons. The maximum Gasteiger partial charge on any atom is 0.198 e. The molecule has 0 aromatic heterocycles. The summed E-state index contributed by atoms with van der Waals surface area (Å²) in [5.74, 6) is 0. The van der Waals surface area contributed by atoms with Gasteiger partial charge in [0, 0.05) is 6.42 Å². The Balaban J connectivity index is 2.03. The van der Waals surface area contributed by atoms with Gasteiger partial charge in [0.1, 0.15) is 0 Å². The summed E-state index contributed by atoms with van der Waals surface area (Å²) in [7, 11) is 0. The first-order valence-corrected chi connectivity index (χ1v) is 7.39. The lowest BCUT2D eigenvalue weighted by Crippen LogP contribution is -1.91. The number of hydrogen-bond donors (Lipinski definition) is 0. The Labute approximate surface area is 123 Å². The van der Waals surface area contributed by atoms with Crippen molar-refractivity contribution in [1.29, 1.82) is 0 Å². The van der Waals surface area contributed by atoms with E-state index in [0.717, 1.165) is 12.8 Å². The molecular weight excluding hydrogens is 256 g/mol. The normalized spacial score (nSPS) is 11.6. The third-order valence-electron chi connectivity index (χ3n) is 4.34. The van der Waals surface area contributed by atoms with Crippen molar-refractivity contribution < 1.29 is 4.79 Å². The second-order valence-corrected chi connectivity index (χ2v) is 5.58. The van der Waals surface area contributed by atoms with Crippen LogP contribution in [0, 0.1) is 0 Å². The standard InChI is InChI=1S/C20H15O/c21-13-2-1-4-14-7-8-17-10-9-15-5-3-6-16-11-12-18(14)20(17)19(15)16/h3,5-12H,1-2,4H2. The summed E-state index contributed by atoms with van der Waals surface area (Å²) < 4.78 is 0. The molecule has 1 radical (unpaired) electrons. The first-order chi connectivity index (χ1) is 10.4. The predicted molar refractivity (Wildman–Crippen MR) is 88.8 cm³/mol. The lowest BCUT2D eigenvalue weighted by molar-refractivity contribution is 0.549. The highest BCUT2D eigenvalue weighted by Crippen LogP contribution is 2.36. The third kappa shape index (κ3) is 1.89. The van der Waals surface area contributed by atoms with E-state index >= 15 is 0 Å². The first kappa shape index (κ1) is 12.3. The van der Waals surface area contributed by atoms with Crippen LogP contribution in [0.15, 0.2) is 54.6 Å². The number of unbranched alkanes of at least 4 members (excludes halogenated alkanes) is 1. The van der Waals surface area contributed by atoms with E-state index in [9.17, 15) is 4.79 Å². The summed E-state index contributed by atoms with van der Waals surface area (Å²) in [6.07, 6.45) is 4.30. The molecule has 0 bridgehead atoms. The van der Waals surface area contributed by atoms with Crippen molar-refractivity contribution in [2.24, 2.45) is 0 Å². The molecule has 0 amide bonds. The van der Waals surface area contributed by atoms with Crippen molar-refractivity contribution in [1.82, 2.24) is 0 Å². The van der Waals surface area contributed by atoms with Gasteiger partial charge in [-0.25, -0.2) is 0 Å². The number of benzene rings is 4. The molecule has 21 heavy (non-hydrogen) atoms. The molecule has 0 saturated carbocycles. The van der Waals surface area contributed by atoms with Gasteiger partial charge in [-0.1, -0.05) is 54.6 Å². The summed E-state index contributed by atoms with van der Waals surface area (Å²) in [6, 6.07) is 19.7. The van der Waals surface area contributed by atoms with E-state index in [0.29, 0.717) is 6.42 Å². The van der Waals surface area contributed by atoms with Gasteiger partial charge in [0.25, 0.3) is 0 Å². The van der Waals surface area contributed by atoms with Gasteiger partial charge < -0.3 is 0 Å². The van der Waals surface area contributed by atoms with Crippen LogP contribution in [0.1, 0.15) is 18.4 Å². The third-order valence-corrected chi connectivity index (χ3v) is 4.34. The van der Waals surface area contributed by atoms with Gasteiger partial charge in [-0.15, -0.1) is 0 Å². The minimum Gasteiger partial charge on any atom is -0.291 e. The molecule has 0 N–H and O–H groups in total. The molecule has 0 aliphatic carbocycles. The smallest absolute Gasteiger partial charge is 0.198 e. The average molecular weight is 271 g/mol. The van der Waals surface area contributed by atoms with Crippen molar-refractivity contribution in [3.05, 3.63) is 60.2 Å². The zero-order chi connectivity index (χ0) is 14.2. The molecule has 1 nitrogen and oxygen atoms in total. The Morgan fingerprint density at radius 2 is 1.43 bits per heavy atom. The first-order valence-electron chi connectivity index (χ1n) is 7.39. The van der Waals surface area contributed by atoms with Crippen LogP contribution >= 0.6 is 0 Å². The SMILES string of the molecule is O=[C]CCCc1ccc2ccc3cccc4ccc1c2c34. The Morgan fingerprint density at radius 1 is 0.762 bits per heavy atom. The molecule has 0 aliphatic heterocycles. The quantitative estimate of drug-likeness (QED) is 0.376. The van der Waals surface area contributed by atoms with E-state index in [1.54, 1.807) is 0 Å². The van der Waals surface area contributed by atoms with Crippen molar-refractivity contribution in [2.75, 3.05) is 0 Å². The van der Waals surface area contributed by atoms with Crippen molar-refractivity contribution in [2.45, 2.75) is 19.3 Å². The van der Waals surface area contributed by atoms with E-state index in [1.165, 1.54) is 37.9 Å². The molecule has 4 aromatic carbocycles. The van der Waals surface area contributed by atoms with Crippen molar-refractivity contribution in [3.63, 3.8) is 0 Å². The summed E-state index contributed by atoms with van der Waals surface area (Å²) >= 11 is 0. The summed E-state index contributed by atoms with van der Waals surface area (Å²) in [5, 5.41) is 7.92. The fraction of sp³-hybridized carbons (Fsp3) is 0.150. The van der Waals surface area contributed by atoms with Crippen LogP contribution in [0.4, 0.5) is 0 Å². The zero-order valence-electron chi connectivity index (χ0n) is 11.7. The number of aryl methyl sites for hydroxylation is 1. The molecule has 4 rings (SSSR count). The molecule has 0 heterocycles. The lowest BCUT2D eigenvalue weighted by Gasteiger charge is -2.13. The Bertz CT molecular complexity index is 921. The molecule has 0 atom stereocenters. The number of rotatable bonds is 4. The van der Waals surface area contributed by atoms with Gasteiger partial charge >= 0.3 is 0 Å². The topological polar surface area (TPSA) is 17.1 Å². The molecule has 0 aliphatic rings. The highest BCUT2D eigenvalue weighted by Gasteiger charge is 2.10. The minimum atomic E-state index is 0.516. The predicted octanol–water partition coefficient (Wildman–Crippen LogP) is 5.02. The molecule has 0 fully saturated rings. The molecule has 1 heteroatoms. The number of carbonyl (C=O) groups excluding carboxylic acids is 1. The highest BCUT2D eigenvalue weighted by molar-refractivity contribution is 6.23. The van der Waals surface area contributed by atoms with Gasteiger partial charge in [0.15, 0.2) is 6.29 Å². The van der Waals surface area contributed by atoms with Crippen LogP contribution in [-0.2, 0) is 11.2 Å². The van der Waals surface area contributed by atoms with Crippen molar-refractivity contribution in [3.8, 4) is 0 Å². The van der Waals surface area contributed by atoms with Gasteiger partial charge in [0.05, 0.1) is 0 Å². The van der Waals surface area contributed by atoms with E-state index in [4.69, 9.17) is 0 Å². The molecule has 4 aromatic rings.